The van der Waals surface area contributed by atoms with Crippen molar-refractivity contribution in [3.8, 4) is 0 Å². The second-order valence-electron chi connectivity index (χ2n) is 3.33. The Hall–Kier alpha value is -1.97. The van der Waals surface area contributed by atoms with E-state index >= 15 is 0 Å². The first-order chi connectivity index (χ1) is 7.28. The number of aryl methyl sites for hydroxylation is 1. The van der Waals surface area contributed by atoms with Gasteiger partial charge in [0.25, 0.3) is 5.89 Å². The molecule has 0 radical (unpaired) electrons. The Morgan fingerprint density at radius 3 is 2.67 bits per heavy atom. The standard InChI is InChI=1S/C11H10N2O2/c1-8-2-4-9(5-3-8)6-10-12-11(7-14)15-13-10/h2-5,7H,6H2,1H3. The van der Waals surface area contributed by atoms with E-state index in [9.17, 15) is 4.79 Å². The molecule has 0 bridgehead atoms. The smallest absolute Gasteiger partial charge is 0.290 e. The van der Waals surface area contributed by atoms with Gasteiger partial charge in [0, 0.05) is 6.42 Å². The molecular formula is C11H10N2O2. The zero-order valence-electron chi connectivity index (χ0n) is 8.30. The molecule has 2 aromatic rings. The van der Waals surface area contributed by atoms with Crippen molar-refractivity contribution in [3.05, 3.63) is 47.1 Å². The summed E-state index contributed by atoms with van der Waals surface area (Å²) < 4.78 is 4.68. The van der Waals surface area contributed by atoms with E-state index in [1.165, 1.54) is 5.56 Å². The van der Waals surface area contributed by atoms with Gasteiger partial charge in [-0.1, -0.05) is 35.0 Å². The van der Waals surface area contributed by atoms with Gasteiger partial charge in [-0.05, 0) is 12.5 Å². The Morgan fingerprint density at radius 1 is 1.33 bits per heavy atom. The molecule has 1 heterocycles. The third-order valence-corrected chi connectivity index (χ3v) is 2.07. The van der Waals surface area contributed by atoms with Crippen molar-refractivity contribution >= 4 is 6.29 Å². The molecule has 0 amide bonds. The van der Waals surface area contributed by atoms with Crippen LogP contribution in [0.1, 0.15) is 27.6 Å². The maximum atomic E-state index is 10.3. The van der Waals surface area contributed by atoms with Crippen LogP contribution >= 0.6 is 0 Å². The van der Waals surface area contributed by atoms with Crippen LogP contribution in [0, 0.1) is 6.92 Å². The van der Waals surface area contributed by atoms with Crippen LogP contribution in [-0.4, -0.2) is 16.4 Å². The Labute approximate surface area is 86.9 Å². The van der Waals surface area contributed by atoms with E-state index in [1.807, 2.05) is 31.2 Å². The van der Waals surface area contributed by atoms with E-state index in [-0.39, 0.29) is 5.89 Å². The average Bonchev–Trinajstić information content (AvgIpc) is 2.69. The molecule has 0 spiro atoms. The first-order valence-electron chi connectivity index (χ1n) is 4.61. The minimum atomic E-state index is 0.0251. The first-order valence-corrected chi connectivity index (χ1v) is 4.61. The monoisotopic (exact) mass is 202 g/mol. The number of carbonyl (C=O) groups excluding carboxylic acids is 1. The van der Waals surface area contributed by atoms with Gasteiger partial charge < -0.3 is 4.52 Å². The lowest BCUT2D eigenvalue weighted by Crippen LogP contribution is -1.91. The van der Waals surface area contributed by atoms with Gasteiger partial charge in [0.2, 0.25) is 6.29 Å². The summed E-state index contributed by atoms with van der Waals surface area (Å²) in [4.78, 5) is 14.2. The molecule has 4 heteroatoms. The van der Waals surface area contributed by atoms with Crippen LogP contribution in [0.15, 0.2) is 28.8 Å². The van der Waals surface area contributed by atoms with E-state index < -0.39 is 0 Å². The molecule has 0 N–H and O–H groups in total. The van der Waals surface area contributed by atoms with E-state index in [4.69, 9.17) is 0 Å². The minimum absolute atomic E-state index is 0.0251. The molecule has 0 aliphatic heterocycles. The highest BCUT2D eigenvalue weighted by Crippen LogP contribution is 2.07. The second-order valence-corrected chi connectivity index (χ2v) is 3.33. The molecule has 0 saturated heterocycles. The van der Waals surface area contributed by atoms with Crippen LogP contribution in [0.25, 0.3) is 0 Å². The summed E-state index contributed by atoms with van der Waals surface area (Å²) in [7, 11) is 0. The van der Waals surface area contributed by atoms with Crippen LogP contribution in [0.4, 0.5) is 0 Å². The van der Waals surface area contributed by atoms with Crippen molar-refractivity contribution < 1.29 is 9.32 Å². The fourth-order valence-electron chi connectivity index (χ4n) is 1.28. The molecule has 76 valence electrons. The maximum absolute atomic E-state index is 10.3. The second kappa shape index (κ2) is 4.04. The van der Waals surface area contributed by atoms with Crippen LogP contribution in [0.3, 0.4) is 0 Å². The lowest BCUT2D eigenvalue weighted by atomic mass is 10.1. The van der Waals surface area contributed by atoms with E-state index in [0.29, 0.717) is 18.5 Å². The van der Waals surface area contributed by atoms with E-state index in [0.717, 1.165) is 5.56 Å². The molecule has 0 aliphatic carbocycles. The number of aromatic nitrogens is 2. The summed E-state index contributed by atoms with van der Waals surface area (Å²) in [6.45, 7) is 2.03. The van der Waals surface area contributed by atoms with Gasteiger partial charge in [0.1, 0.15) is 0 Å². The summed E-state index contributed by atoms with van der Waals surface area (Å²) in [5, 5.41) is 3.69. The number of hydrogen-bond acceptors (Lipinski definition) is 4. The van der Waals surface area contributed by atoms with Gasteiger partial charge in [0.05, 0.1) is 0 Å². The van der Waals surface area contributed by atoms with Crippen LogP contribution in [0.5, 0.6) is 0 Å². The number of hydrogen-bond donors (Lipinski definition) is 0. The molecule has 2 rings (SSSR count). The number of rotatable bonds is 3. The average molecular weight is 202 g/mol. The number of nitrogens with zero attached hydrogens (tertiary/aromatic N) is 2. The van der Waals surface area contributed by atoms with Gasteiger partial charge in [-0.15, -0.1) is 0 Å². The van der Waals surface area contributed by atoms with Crippen molar-refractivity contribution in [1.29, 1.82) is 0 Å². The number of benzene rings is 1. The zero-order chi connectivity index (χ0) is 10.7. The van der Waals surface area contributed by atoms with Gasteiger partial charge in [-0.25, -0.2) is 0 Å². The molecular weight excluding hydrogens is 192 g/mol. The molecule has 1 aromatic heterocycles. The molecule has 15 heavy (non-hydrogen) atoms. The third-order valence-electron chi connectivity index (χ3n) is 2.07. The van der Waals surface area contributed by atoms with Crippen LogP contribution < -0.4 is 0 Å². The van der Waals surface area contributed by atoms with Gasteiger partial charge in [-0.3, -0.25) is 4.79 Å². The van der Waals surface area contributed by atoms with E-state index in [1.54, 1.807) is 0 Å². The van der Waals surface area contributed by atoms with Crippen LogP contribution in [0.2, 0.25) is 0 Å². The fourth-order valence-corrected chi connectivity index (χ4v) is 1.28. The molecule has 0 aliphatic rings. The lowest BCUT2D eigenvalue weighted by Gasteiger charge is -1.96. The number of carbonyl (C=O) groups is 1. The highest BCUT2D eigenvalue weighted by Gasteiger charge is 2.05. The summed E-state index contributed by atoms with van der Waals surface area (Å²) >= 11 is 0. The summed E-state index contributed by atoms with van der Waals surface area (Å²) in [5.41, 5.74) is 2.30. The van der Waals surface area contributed by atoms with Crippen molar-refractivity contribution in [1.82, 2.24) is 10.1 Å². The molecule has 1 aromatic carbocycles. The van der Waals surface area contributed by atoms with Crippen molar-refractivity contribution in [2.75, 3.05) is 0 Å². The Balaban J connectivity index is 2.14. The highest BCUT2D eigenvalue weighted by atomic mass is 16.5. The SMILES string of the molecule is Cc1ccc(Cc2noc(C=O)n2)cc1. The molecule has 0 unspecified atom stereocenters. The summed E-state index contributed by atoms with van der Waals surface area (Å²) in [5.74, 6) is 0.554. The maximum Gasteiger partial charge on any atom is 0.290 e. The molecule has 0 saturated carbocycles. The first kappa shape index (κ1) is 9.58. The highest BCUT2D eigenvalue weighted by molar-refractivity contribution is 5.66. The van der Waals surface area contributed by atoms with Gasteiger partial charge in [0.15, 0.2) is 5.82 Å². The molecule has 0 fully saturated rings. The Morgan fingerprint density at radius 2 is 2.07 bits per heavy atom. The fraction of sp³-hybridized carbons (Fsp3) is 0.182. The zero-order valence-corrected chi connectivity index (χ0v) is 8.30. The Kier molecular flexibility index (Phi) is 2.58. The van der Waals surface area contributed by atoms with Crippen molar-refractivity contribution in [2.24, 2.45) is 0 Å². The normalized spacial score (nSPS) is 10.2. The summed E-state index contributed by atoms with van der Waals surface area (Å²) in [6, 6.07) is 8.06. The van der Waals surface area contributed by atoms with E-state index in [2.05, 4.69) is 14.7 Å². The topological polar surface area (TPSA) is 56.0 Å². The molecule has 0 atom stereocenters. The quantitative estimate of drug-likeness (QED) is 0.712. The third kappa shape index (κ3) is 2.28. The molecule has 4 nitrogen and oxygen atoms in total. The largest absolute Gasteiger partial charge is 0.331 e. The van der Waals surface area contributed by atoms with Crippen LogP contribution in [-0.2, 0) is 6.42 Å². The van der Waals surface area contributed by atoms with Gasteiger partial charge >= 0.3 is 0 Å². The predicted molar refractivity (Wildman–Crippen MR) is 53.7 cm³/mol. The number of aldehydes is 1. The Bertz CT molecular complexity index is 460. The van der Waals surface area contributed by atoms with Crippen molar-refractivity contribution in [2.45, 2.75) is 13.3 Å². The van der Waals surface area contributed by atoms with Gasteiger partial charge in [-0.2, -0.15) is 4.98 Å². The van der Waals surface area contributed by atoms with Crippen molar-refractivity contribution in [3.63, 3.8) is 0 Å². The summed E-state index contributed by atoms with van der Waals surface area (Å²) in [6.07, 6.45) is 1.13. The lowest BCUT2D eigenvalue weighted by molar-refractivity contribution is 0.108. The minimum Gasteiger partial charge on any atom is -0.331 e. The predicted octanol–water partition coefficient (Wildman–Crippen LogP) is 1.78.